The van der Waals surface area contributed by atoms with Gasteiger partial charge in [-0.05, 0) is 31.9 Å². The van der Waals surface area contributed by atoms with E-state index in [1.54, 1.807) is 11.3 Å². The highest BCUT2D eigenvalue weighted by Gasteiger charge is 2.09. The molecule has 0 bridgehead atoms. The maximum atomic E-state index is 4.70. The smallest absolute Gasteiger partial charge is 0.110 e. The second kappa shape index (κ2) is 6.31. The van der Waals surface area contributed by atoms with Gasteiger partial charge in [0.25, 0.3) is 0 Å². The minimum Gasteiger partial charge on any atom is -0.311 e. The summed E-state index contributed by atoms with van der Waals surface area (Å²) in [5, 5.41) is 6.51. The average Bonchev–Trinajstić information content (AvgIpc) is 2.87. The van der Waals surface area contributed by atoms with Crippen molar-refractivity contribution in [3.8, 4) is 11.3 Å². The van der Waals surface area contributed by atoms with Gasteiger partial charge in [-0.15, -0.1) is 11.3 Å². The molecule has 102 valence electrons. The standard InChI is InChI=1S/C16H22N2S/c1-11(2)9-13-5-7-14(8-6-13)15-10-19-16(18-15)12(3)17-4/h5-8,10-12,17H,9H2,1-4H3. The average molecular weight is 274 g/mol. The lowest BCUT2D eigenvalue weighted by Gasteiger charge is -2.06. The summed E-state index contributed by atoms with van der Waals surface area (Å²) in [6.07, 6.45) is 1.14. The van der Waals surface area contributed by atoms with E-state index < -0.39 is 0 Å². The van der Waals surface area contributed by atoms with Gasteiger partial charge in [-0.2, -0.15) is 0 Å². The summed E-state index contributed by atoms with van der Waals surface area (Å²) in [7, 11) is 1.96. The van der Waals surface area contributed by atoms with Gasteiger partial charge in [0, 0.05) is 10.9 Å². The van der Waals surface area contributed by atoms with Crippen LogP contribution in [0.25, 0.3) is 11.3 Å². The fourth-order valence-electron chi connectivity index (χ4n) is 2.03. The van der Waals surface area contributed by atoms with Gasteiger partial charge in [-0.1, -0.05) is 38.1 Å². The summed E-state index contributed by atoms with van der Waals surface area (Å²) < 4.78 is 0. The number of nitrogens with one attached hydrogen (secondary N) is 1. The summed E-state index contributed by atoms with van der Waals surface area (Å²) >= 11 is 1.72. The molecule has 1 unspecified atom stereocenters. The highest BCUT2D eigenvalue weighted by atomic mass is 32.1. The van der Waals surface area contributed by atoms with Crippen LogP contribution in [-0.4, -0.2) is 12.0 Å². The zero-order valence-electron chi connectivity index (χ0n) is 12.1. The van der Waals surface area contributed by atoms with Crippen molar-refractivity contribution in [3.63, 3.8) is 0 Å². The Morgan fingerprint density at radius 1 is 1.16 bits per heavy atom. The molecule has 0 amide bonds. The number of hydrogen-bond acceptors (Lipinski definition) is 3. The van der Waals surface area contributed by atoms with Crippen molar-refractivity contribution < 1.29 is 0 Å². The van der Waals surface area contributed by atoms with Gasteiger partial charge >= 0.3 is 0 Å². The molecule has 3 heteroatoms. The predicted octanol–water partition coefficient (Wildman–Crippen LogP) is 4.29. The Kier molecular flexibility index (Phi) is 4.72. The van der Waals surface area contributed by atoms with E-state index in [-0.39, 0.29) is 0 Å². The third-order valence-corrected chi connectivity index (χ3v) is 4.25. The molecule has 1 aromatic carbocycles. The molecule has 19 heavy (non-hydrogen) atoms. The van der Waals surface area contributed by atoms with Crippen molar-refractivity contribution in [2.75, 3.05) is 7.05 Å². The van der Waals surface area contributed by atoms with Crippen molar-refractivity contribution in [1.82, 2.24) is 10.3 Å². The third kappa shape index (κ3) is 3.64. The Morgan fingerprint density at radius 3 is 2.42 bits per heavy atom. The molecular weight excluding hydrogens is 252 g/mol. The van der Waals surface area contributed by atoms with Crippen LogP contribution < -0.4 is 5.32 Å². The largest absolute Gasteiger partial charge is 0.311 e. The molecule has 1 heterocycles. The van der Waals surface area contributed by atoms with E-state index in [4.69, 9.17) is 4.98 Å². The Bertz CT molecular complexity index is 514. The second-order valence-corrected chi connectivity index (χ2v) is 6.27. The molecule has 0 fully saturated rings. The first-order valence-corrected chi connectivity index (χ1v) is 7.70. The molecule has 0 aliphatic rings. The van der Waals surface area contributed by atoms with Crippen LogP contribution >= 0.6 is 11.3 Å². The minimum absolute atomic E-state index is 0.318. The number of thiazole rings is 1. The van der Waals surface area contributed by atoms with E-state index in [2.05, 4.69) is 55.7 Å². The quantitative estimate of drug-likeness (QED) is 0.880. The molecule has 0 radical (unpaired) electrons. The second-order valence-electron chi connectivity index (χ2n) is 5.38. The molecule has 1 N–H and O–H groups in total. The number of aromatic nitrogens is 1. The summed E-state index contributed by atoms with van der Waals surface area (Å²) in [4.78, 5) is 4.70. The van der Waals surface area contributed by atoms with Gasteiger partial charge in [-0.3, -0.25) is 0 Å². The van der Waals surface area contributed by atoms with Gasteiger partial charge < -0.3 is 5.32 Å². The van der Waals surface area contributed by atoms with Gasteiger partial charge in [-0.25, -0.2) is 4.98 Å². The Balaban J connectivity index is 2.15. The van der Waals surface area contributed by atoms with Crippen LogP contribution in [0.4, 0.5) is 0 Å². The van der Waals surface area contributed by atoms with Crippen molar-refractivity contribution in [2.24, 2.45) is 5.92 Å². The van der Waals surface area contributed by atoms with E-state index in [1.807, 2.05) is 7.05 Å². The molecule has 2 rings (SSSR count). The van der Waals surface area contributed by atoms with Crippen LogP contribution in [0.5, 0.6) is 0 Å². The molecule has 0 aliphatic carbocycles. The topological polar surface area (TPSA) is 24.9 Å². The van der Waals surface area contributed by atoms with Gasteiger partial charge in [0.2, 0.25) is 0 Å². The maximum Gasteiger partial charge on any atom is 0.110 e. The lowest BCUT2D eigenvalue weighted by atomic mass is 10.0. The third-order valence-electron chi connectivity index (χ3n) is 3.22. The molecule has 0 spiro atoms. The van der Waals surface area contributed by atoms with Crippen LogP contribution in [0.2, 0.25) is 0 Å². The molecule has 2 nitrogen and oxygen atoms in total. The fourth-order valence-corrected chi connectivity index (χ4v) is 2.92. The first-order chi connectivity index (χ1) is 9.10. The highest BCUT2D eigenvalue weighted by Crippen LogP contribution is 2.25. The Labute approximate surface area is 119 Å². The molecule has 1 atom stereocenters. The molecule has 1 aromatic heterocycles. The van der Waals surface area contributed by atoms with E-state index in [1.165, 1.54) is 11.1 Å². The lowest BCUT2D eigenvalue weighted by molar-refractivity contribution is 0.647. The van der Waals surface area contributed by atoms with Crippen LogP contribution in [-0.2, 0) is 6.42 Å². The SMILES string of the molecule is CNC(C)c1nc(-c2ccc(CC(C)C)cc2)cs1. The van der Waals surface area contributed by atoms with E-state index in [0.29, 0.717) is 12.0 Å². The number of rotatable bonds is 5. The zero-order valence-corrected chi connectivity index (χ0v) is 12.9. The molecule has 0 aliphatic heterocycles. The molecule has 0 saturated carbocycles. The zero-order chi connectivity index (χ0) is 13.8. The number of nitrogens with zero attached hydrogens (tertiary/aromatic N) is 1. The van der Waals surface area contributed by atoms with Crippen LogP contribution in [0, 0.1) is 5.92 Å². The number of benzene rings is 1. The van der Waals surface area contributed by atoms with Crippen LogP contribution in [0.1, 0.15) is 37.4 Å². The fraction of sp³-hybridized carbons (Fsp3) is 0.438. The minimum atomic E-state index is 0.318. The van der Waals surface area contributed by atoms with Crippen LogP contribution in [0.3, 0.4) is 0 Å². The van der Waals surface area contributed by atoms with E-state index in [0.717, 1.165) is 17.1 Å². The normalized spacial score (nSPS) is 12.9. The molecule has 0 saturated heterocycles. The first kappa shape index (κ1) is 14.2. The molecular formula is C16H22N2S. The molecule has 2 aromatic rings. The first-order valence-electron chi connectivity index (χ1n) is 6.82. The van der Waals surface area contributed by atoms with Crippen molar-refractivity contribution in [2.45, 2.75) is 33.2 Å². The van der Waals surface area contributed by atoms with Crippen molar-refractivity contribution >= 4 is 11.3 Å². The summed E-state index contributed by atoms with van der Waals surface area (Å²) in [6.45, 7) is 6.63. The van der Waals surface area contributed by atoms with Crippen molar-refractivity contribution in [1.29, 1.82) is 0 Å². The Hall–Kier alpha value is -1.19. The summed E-state index contributed by atoms with van der Waals surface area (Å²) in [5.41, 5.74) is 3.69. The van der Waals surface area contributed by atoms with E-state index in [9.17, 15) is 0 Å². The lowest BCUT2D eigenvalue weighted by Crippen LogP contribution is -2.11. The highest BCUT2D eigenvalue weighted by molar-refractivity contribution is 7.10. The van der Waals surface area contributed by atoms with E-state index >= 15 is 0 Å². The summed E-state index contributed by atoms with van der Waals surface area (Å²) in [6, 6.07) is 9.12. The summed E-state index contributed by atoms with van der Waals surface area (Å²) in [5.74, 6) is 0.702. The van der Waals surface area contributed by atoms with Gasteiger partial charge in [0.05, 0.1) is 11.7 Å². The van der Waals surface area contributed by atoms with Crippen LogP contribution in [0.15, 0.2) is 29.6 Å². The van der Waals surface area contributed by atoms with Crippen molar-refractivity contribution in [3.05, 3.63) is 40.2 Å². The van der Waals surface area contributed by atoms with Gasteiger partial charge in [0.15, 0.2) is 0 Å². The predicted molar refractivity (Wildman–Crippen MR) is 83.6 cm³/mol. The maximum absolute atomic E-state index is 4.70. The monoisotopic (exact) mass is 274 g/mol. The Morgan fingerprint density at radius 2 is 1.84 bits per heavy atom. The number of hydrogen-bond donors (Lipinski definition) is 1. The van der Waals surface area contributed by atoms with Gasteiger partial charge in [0.1, 0.15) is 5.01 Å².